The fourth-order valence-electron chi connectivity index (χ4n) is 2.57. The van der Waals surface area contributed by atoms with Gasteiger partial charge in [-0.05, 0) is 42.0 Å². The molecule has 1 aliphatic rings. The average Bonchev–Trinajstić information content (AvgIpc) is 2.97. The number of carbonyl (C=O) groups excluding carboxylic acids is 3. The van der Waals surface area contributed by atoms with Crippen molar-refractivity contribution in [1.29, 1.82) is 0 Å². The maximum Gasteiger partial charge on any atom is 0.311 e. The Labute approximate surface area is 170 Å². The lowest BCUT2D eigenvalue weighted by Gasteiger charge is -2.14. The first-order valence-electron chi connectivity index (χ1n) is 8.44. The third-order valence-corrected chi connectivity index (χ3v) is 4.46. The monoisotopic (exact) mass is 444 g/mol. The van der Waals surface area contributed by atoms with E-state index < -0.39 is 11.8 Å². The van der Waals surface area contributed by atoms with Gasteiger partial charge >= 0.3 is 5.97 Å². The van der Waals surface area contributed by atoms with Crippen molar-refractivity contribution in [1.82, 2.24) is 5.43 Å². The van der Waals surface area contributed by atoms with Gasteiger partial charge in [0.2, 0.25) is 0 Å². The smallest absolute Gasteiger partial charge is 0.311 e. The standard InChI is InChI=1S/C20H17BrN2O5/c1-3-18(24)28-16-8-7-12(10-17(16)27-2)9-15-19(25)22-23(20(15)26)14-6-4-5-13(21)11-14/h4-11H,3H2,1-2H3,(H,22,25)/b15-9-. The van der Waals surface area contributed by atoms with Crippen LogP contribution in [0.4, 0.5) is 5.69 Å². The summed E-state index contributed by atoms with van der Waals surface area (Å²) in [6, 6.07) is 11.8. The van der Waals surface area contributed by atoms with E-state index in [-0.39, 0.29) is 23.7 Å². The highest BCUT2D eigenvalue weighted by atomic mass is 79.9. The fraction of sp³-hybridized carbons (Fsp3) is 0.150. The van der Waals surface area contributed by atoms with Gasteiger partial charge in [0, 0.05) is 10.9 Å². The second-order valence-electron chi connectivity index (χ2n) is 5.86. The number of hydrogen-bond donors (Lipinski definition) is 1. The fourth-order valence-corrected chi connectivity index (χ4v) is 2.96. The van der Waals surface area contributed by atoms with Crippen LogP contribution in [0, 0.1) is 0 Å². The predicted molar refractivity (Wildman–Crippen MR) is 107 cm³/mol. The minimum absolute atomic E-state index is 0.0136. The number of amides is 2. The first kappa shape index (κ1) is 19.6. The number of halogens is 1. The zero-order chi connectivity index (χ0) is 20.3. The number of hydrazine groups is 1. The van der Waals surface area contributed by atoms with Crippen LogP contribution in [0.2, 0.25) is 0 Å². The van der Waals surface area contributed by atoms with Crippen molar-refractivity contribution in [2.24, 2.45) is 0 Å². The minimum Gasteiger partial charge on any atom is -0.493 e. The summed E-state index contributed by atoms with van der Waals surface area (Å²) in [7, 11) is 1.44. The quantitative estimate of drug-likeness (QED) is 0.331. The highest BCUT2D eigenvalue weighted by molar-refractivity contribution is 9.10. The van der Waals surface area contributed by atoms with Crippen LogP contribution in [0.5, 0.6) is 11.5 Å². The summed E-state index contributed by atoms with van der Waals surface area (Å²) < 4.78 is 11.2. The van der Waals surface area contributed by atoms with Crippen molar-refractivity contribution in [2.45, 2.75) is 13.3 Å². The normalized spacial score (nSPS) is 15.0. The molecule has 0 radical (unpaired) electrons. The summed E-state index contributed by atoms with van der Waals surface area (Å²) in [5.74, 6) is -0.770. The number of esters is 1. The Balaban J connectivity index is 1.89. The molecule has 1 heterocycles. The first-order chi connectivity index (χ1) is 13.4. The van der Waals surface area contributed by atoms with Crippen molar-refractivity contribution in [3.8, 4) is 11.5 Å². The van der Waals surface area contributed by atoms with E-state index >= 15 is 0 Å². The molecule has 1 aliphatic heterocycles. The third-order valence-electron chi connectivity index (χ3n) is 3.97. The van der Waals surface area contributed by atoms with Gasteiger partial charge in [0.1, 0.15) is 5.57 Å². The van der Waals surface area contributed by atoms with Gasteiger partial charge in [-0.25, -0.2) is 5.01 Å². The van der Waals surface area contributed by atoms with Crippen LogP contribution in [0.15, 0.2) is 52.5 Å². The Bertz CT molecular complexity index is 986. The largest absolute Gasteiger partial charge is 0.493 e. The van der Waals surface area contributed by atoms with Gasteiger partial charge < -0.3 is 9.47 Å². The van der Waals surface area contributed by atoms with E-state index in [1.54, 1.807) is 43.3 Å². The lowest BCUT2D eigenvalue weighted by Crippen LogP contribution is -2.35. The second-order valence-corrected chi connectivity index (χ2v) is 6.77. The van der Waals surface area contributed by atoms with E-state index in [0.29, 0.717) is 17.0 Å². The predicted octanol–water partition coefficient (Wildman–Crippen LogP) is 3.23. The molecule has 28 heavy (non-hydrogen) atoms. The summed E-state index contributed by atoms with van der Waals surface area (Å²) in [6.45, 7) is 1.69. The molecule has 0 aliphatic carbocycles. The van der Waals surface area contributed by atoms with Gasteiger partial charge in [-0.3, -0.25) is 19.8 Å². The van der Waals surface area contributed by atoms with Crippen LogP contribution in [0.25, 0.3) is 6.08 Å². The number of methoxy groups -OCH3 is 1. The Hall–Kier alpha value is -3.13. The SMILES string of the molecule is CCC(=O)Oc1ccc(/C=C2/C(=O)NN(c3cccc(Br)c3)C2=O)cc1OC. The molecule has 2 amide bonds. The summed E-state index contributed by atoms with van der Waals surface area (Å²) in [5.41, 5.74) is 3.63. The molecular weight excluding hydrogens is 428 g/mol. The maximum atomic E-state index is 12.7. The number of nitrogens with zero attached hydrogens (tertiary/aromatic N) is 1. The first-order valence-corrected chi connectivity index (χ1v) is 9.23. The molecule has 1 N–H and O–H groups in total. The van der Waals surface area contributed by atoms with Gasteiger partial charge in [0.25, 0.3) is 11.8 Å². The van der Waals surface area contributed by atoms with E-state index in [1.807, 2.05) is 6.07 Å². The summed E-state index contributed by atoms with van der Waals surface area (Å²) in [4.78, 5) is 36.5. The molecule has 1 fully saturated rings. The van der Waals surface area contributed by atoms with Crippen LogP contribution >= 0.6 is 15.9 Å². The van der Waals surface area contributed by atoms with Crippen LogP contribution in [0.1, 0.15) is 18.9 Å². The molecule has 7 nitrogen and oxygen atoms in total. The molecule has 0 saturated carbocycles. The van der Waals surface area contributed by atoms with Crippen molar-refractivity contribution < 1.29 is 23.9 Å². The molecule has 0 atom stereocenters. The van der Waals surface area contributed by atoms with Crippen molar-refractivity contribution >= 4 is 45.5 Å². The van der Waals surface area contributed by atoms with E-state index in [9.17, 15) is 14.4 Å². The van der Waals surface area contributed by atoms with Crippen LogP contribution in [-0.2, 0) is 14.4 Å². The highest BCUT2D eigenvalue weighted by Gasteiger charge is 2.34. The molecule has 8 heteroatoms. The Morgan fingerprint density at radius 2 is 1.96 bits per heavy atom. The second kappa shape index (κ2) is 8.26. The van der Waals surface area contributed by atoms with Crippen LogP contribution in [-0.4, -0.2) is 24.9 Å². The summed E-state index contributed by atoms with van der Waals surface area (Å²) >= 11 is 3.34. The number of rotatable bonds is 5. The molecule has 0 aromatic heterocycles. The molecule has 2 aromatic rings. The van der Waals surface area contributed by atoms with Crippen LogP contribution < -0.4 is 19.9 Å². The zero-order valence-electron chi connectivity index (χ0n) is 15.2. The van der Waals surface area contributed by atoms with Crippen molar-refractivity contribution in [2.75, 3.05) is 12.1 Å². The summed E-state index contributed by atoms with van der Waals surface area (Å²) in [6.07, 6.45) is 1.69. The molecule has 0 unspecified atom stereocenters. The lowest BCUT2D eigenvalue weighted by atomic mass is 10.1. The molecule has 1 saturated heterocycles. The number of benzene rings is 2. The van der Waals surface area contributed by atoms with Crippen molar-refractivity contribution in [3.05, 3.63) is 58.1 Å². The highest BCUT2D eigenvalue weighted by Crippen LogP contribution is 2.30. The lowest BCUT2D eigenvalue weighted by molar-refractivity contribution is -0.134. The zero-order valence-corrected chi connectivity index (χ0v) is 16.8. The molecule has 0 spiro atoms. The van der Waals surface area contributed by atoms with Gasteiger partial charge in [-0.1, -0.05) is 35.0 Å². The molecule has 3 rings (SSSR count). The minimum atomic E-state index is -0.509. The molecular formula is C20H17BrN2O5. The van der Waals surface area contributed by atoms with Gasteiger partial charge in [0.05, 0.1) is 12.8 Å². The molecule has 0 bridgehead atoms. The molecule has 2 aromatic carbocycles. The van der Waals surface area contributed by atoms with Crippen molar-refractivity contribution in [3.63, 3.8) is 0 Å². The Morgan fingerprint density at radius 1 is 1.18 bits per heavy atom. The number of carbonyl (C=O) groups is 3. The number of ether oxygens (including phenoxy) is 2. The number of nitrogens with one attached hydrogen (secondary N) is 1. The topological polar surface area (TPSA) is 84.9 Å². The van der Waals surface area contributed by atoms with Gasteiger partial charge in [-0.15, -0.1) is 0 Å². The number of anilines is 1. The Kier molecular flexibility index (Phi) is 5.79. The van der Waals surface area contributed by atoms with Gasteiger partial charge in [0.15, 0.2) is 11.5 Å². The Morgan fingerprint density at radius 3 is 2.64 bits per heavy atom. The van der Waals surface area contributed by atoms with Gasteiger partial charge in [-0.2, -0.15) is 0 Å². The third kappa shape index (κ3) is 4.07. The van der Waals surface area contributed by atoms with E-state index in [1.165, 1.54) is 18.2 Å². The summed E-state index contributed by atoms with van der Waals surface area (Å²) in [5, 5.41) is 1.19. The van der Waals surface area contributed by atoms with E-state index in [0.717, 1.165) is 4.47 Å². The maximum absolute atomic E-state index is 12.7. The molecule has 144 valence electrons. The van der Waals surface area contributed by atoms with Crippen LogP contribution in [0.3, 0.4) is 0 Å². The van der Waals surface area contributed by atoms with E-state index in [2.05, 4.69) is 21.4 Å². The van der Waals surface area contributed by atoms with E-state index in [4.69, 9.17) is 9.47 Å². The number of hydrogen-bond acceptors (Lipinski definition) is 5. The average molecular weight is 445 g/mol.